The van der Waals surface area contributed by atoms with Crippen LogP contribution in [0.3, 0.4) is 0 Å². The summed E-state index contributed by atoms with van der Waals surface area (Å²) >= 11 is 3.42. The number of benzene rings is 2. The number of fused-ring (bicyclic) bond motifs is 6. The van der Waals surface area contributed by atoms with Gasteiger partial charge in [-0.15, -0.1) is 0 Å². The van der Waals surface area contributed by atoms with Crippen LogP contribution in [0.15, 0.2) is 46.9 Å². The van der Waals surface area contributed by atoms with Gasteiger partial charge in [0.25, 0.3) is 11.8 Å². The van der Waals surface area contributed by atoms with Gasteiger partial charge in [-0.1, -0.05) is 34.1 Å². The molecule has 2 aromatic carbocycles. The molecule has 3 aliphatic heterocycles. The smallest absolute Gasteiger partial charge is 0.312 e. The fourth-order valence-corrected chi connectivity index (χ4v) is 5.60. The Labute approximate surface area is 187 Å². The maximum Gasteiger partial charge on any atom is 0.312 e. The molecule has 31 heavy (non-hydrogen) atoms. The molecule has 0 saturated carbocycles. The fraction of sp³-hybridized carbons (Fsp3) is 0.348. The van der Waals surface area contributed by atoms with Crippen molar-refractivity contribution in [3.63, 3.8) is 0 Å². The van der Waals surface area contributed by atoms with Gasteiger partial charge in [0.05, 0.1) is 36.4 Å². The molecule has 2 aromatic rings. The molecule has 3 aliphatic rings. The molecule has 0 spiro atoms. The van der Waals surface area contributed by atoms with E-state index in [1.807, 2.05) is 24.3 Å². The van der Waals surface area contributed by atoms with E-state index >= 15 is 0 Å². The minimum Gasteiger partial charge on any atom is -0.493 e. The molecule has 1 fully saturated rings. The maximum atomic E-state index is 13.9. The molecule has 5 rings (SSSR count). The van der Waals surface area contributed by atoms with E-state index in [0.29, 0.717) is 17.0 Å². The van der Waals surface area contributed by atoms with Crippen LogP contribution >= 0.6 is 15.9 Å². The van der Waals surface area contributed by atoms with Crippen LogP contribution < -0.4 is 10.1 Å². The summed E-state index contributed by atoms with van der Waals surface area (Å²) in [4.78, 5) is 42.3. The third-order valence-corrected chi connectivity index (χ3v) is 7.06. The molecule has 0 radical (unpaired) electrons. The fourth-order valence-electron chi connectivity index (χ4n) is 5.23. The normalized spacial score (nSPS) is 28.4. The number of rotatable bonds is 2. The maximum absolute atomic E-state index is 13.9. The lowest BCUT2D eigenvalue weighted by atomic mass is 9.77. The molecule has 4 atom stereocenters. The summed E-state index contributed by atoms with van der Waals surface area (Å²) in [5, 5.41) is 2.88. The van der Waals surface area contributed by atoms with Crippen molar-refractivity contribution < 1.29 is 23.9 Å². The first-order valence-corrected chi connectivity index (χ1v) is 11.0. The minimum absolute atomic E-state index is 0.184. The number of para-hydroxylation sites is 1. The summed E-state index contributed by atoms with van der Waals surface area (Å²) in [7, 11) is 0. The first-order valence-electron chi connectivity index (χ1n) is 10.2. The first kappa shape index (κ1) is 20.1. The number of carbonyl (C=O) groups is 3. The number of carbonyl (C=O) groups excluding carboxylic acids is 3. The second-order valence-electron chi connectivity index (χ2n) is 8.15. The number of nitrogens with one attached hydrogen (secondary N) is 1. The van der Waals surface area contributed by atoms with E-state index in [9.17, 15) is 14.4 Å². The van der Waals surface area contributed by atoms with Crippen LogP contribution in [-0.4, -0.2) is 41.4 Å². The summed E-state index contributed by atoms with van der Waals surface area (Å²) in [5.41, 5.74) is 0.147. The van der Waals surface area contributed by atoms with Gasteiger partial charge in [0.1, 0.15) is 11.3 Å². The van der Waals surface area contributed by atoms with Crippen molar-refractivity contribution in [2.24, 2.45) is 11.8 Å². The monoisotopic (exact) mass is 484 g/mol. The Hall–Kier alpha value is -2.87. The molecular formula is C23H21BrN2O5. The lowest BCUT2D eigenvalue weighted by molar-refractivity contribution is -0.155. The number of ether oxygens (including phenoxy) is 2. The van der Waals surface area contributed by atoms with Crippen molar-refractivity contribution in [1.82, 2.24) is 4.90 Å². The lowest BCUT2D eigenvalue weighted by Gasteiger charge is -2.38. The van der Waals surface area contributed by atoms with E-state index in [1.165, 1.54) is 0 Å². The molecular weight excluding hydrogens is 464 g/mol. The molecule has 0 aromatic heterocycles. The highest BCUT2D eigenvalue weighted by molar-refractivity contribution is 9.10. The average molecular weight is 485 g/mol. The molecule has 1 saturated heterocycles. The van der Waals surface area contributed by atoms with Crippen LogP contribution in [0.5, 0.6) is 5.75 Å². The summed E-state index contributed by atoms with van der Waals surface area (Å²) in [6.45, 7) is 3.78. The van der Waals surface area contributed by atoms with Crippen molar-refractivity contribution in [1.29, 1.82) is 0 Å². The number of esters is 1. The molecule has 3 unspecified atom stereocenters. The van der Waals surface area contributed by atoms with Gasteiger partial charge in [-0.25, -0.2) is 0 Å². The van der Waals surface area contributed by atoms with Crippen molar-refractivity contribution in [3.05, 3.63) is 58.1 Å². The van der Waals surface area contributed by atoms with Crippen molar-refractivity contribution in [2.75, 3.05) is 18.5 Å². The average Bonchev–Trinajstić information content (AvgIpc) is 3.00. The van der Waals surface area contributed by atoms with E-state index in [-0.39, 0.29) is 19.1 Å². The van der Waals surface area contributed by atoms with Crippen LogP contribution in [-0.2, 0) is 14.3 Å². The molecule has 7 nitrogen and oxygen atoms in total. The van der Waals surface area contributed by atoms with Crippen LogP contribution in [0.25, 0.3) is 0 Å². The number of anilines is 1. The van der Waals surface area contributed by atoms with Gasteiger partial charge in [-0.3, -0.25) is 14.4 Å². The SMILES string of the molecule is CCOC(=O)C1C2COc3ccccc3C2N2C(=O)c3cc(Br)ccc3NC(=O)[C@@]12C. The van der Waals surface area contributed by atoms with E-state index in [4.69, 9.17) is 9.47 Å². The number of hydrogen-bond acceptors (Lipinski definition) is 5. The third kappa shape index (κ3) is 2.74. The molecule has 3 heterocycles. The quantitative estimate of drug-likeness (QED) is 0.658. The Balaban J connectivity index is 1.76. The number of nitrogens with zero attached hydrogens (tertiary/aromatic N) is 1. The van der Waals surface area contributed by atoms with Gasteiger partial charge in [-0.05, 0) is 38.1 Å². The Morgan fingerprint density at radius 1 is 1.29 bits per heavy atom. The molecule has 1 N–H and O–H groups in total. The third-order valence-electron chi connectivity index (χ3n) is 6.57. The van der Waals surface area contributed by atoms with Gasteiger partial charge in [0.2, 0.25) is 0 Å². The second-order valence-corrected chi connectivity index (χ2v) is 9.07. The highest BCUT2D eigenvalue weighted by Crippen LogP contribution is 2.56. The topological polar surface area (TPSA) is 84.9 Å². The van der Waals surface area contributed by atoms with Gasteiger partial charge in [0.15, 0.2) is 0 Å². The van der Waals surface area contributed by atoms with Gasteiger partial charge in [-0.2, -0.15) is 0 Å². The van der Waals surface area contributed by atoms with Crippen LogP contribution in [0.2, 0.25) is 0 Å². The lowest BCUT2D eigenvalue weighted by Crippen LogP contribution is -2.57. The summed E-state index contributed by atoms with van der Waals surface area (Å²) < 4.78 is 12.1. The molecule has 2 amide bonds. The van der Waals surface area contributed by atoms with Gasteiger partial charge >= 0.3 is 5.97 Å². The Kier molecular flexibility index (Phi) is 4.58. The predicted octanol–water partition coefficient (Wildman–Crippen LogP) is 3.54. The van der Waals surface area contributed by atoms with Crippen LogP contribution in [0.1, 0.15) is 35.8 Å². The summed E-state index contributed by atoms with van der Waals surface area (Å²) in [5.74, 6) is -1.85. The zero-order valence-corrected chi connectivity index (χ0v) is 18.6. The highest BCUT2D eigenvalue weighted by Gasteiger charge is 2.67. The van der Waals surface area contributed by atoms with E-state index in [1.54, 1.807) is 36.9 Å². The summed E-state index contributed by atoms with van der Waals surface area (Å²) in [6.07, 6.45) is 0. The molecule has 160 valence electrons. The second kappa shape index (κ2) is 7.09. The molecule has 8 heteroatoms. The van der Waals surface area contributed by atoms with Gasteiger partial charge in [0, 0.05) is 16.0 Å². The zero-order valence-electron chi connectivity index (χ0n) is 17.1. The van der Waals surface area contributed by atoms with Crippen LogP contribution in [0.4, 0.5) is 5.69 Å². The van der Waals surface area contributed by atoms with E-state index < -0.39 is 35.3 Å². The van der Waals surface area contributed by atoms with E-state index in [0.717, 1.165) is 10.0 Å². The van der Waals surface area contributed by atoms with Crippen molar-refractivity contribution >= 4 is 39.4 Å². The largest absolute Gasteiger partial charge is 0.493 e. The Morgan fingerprint density at radius 2 is 2.06 bits per heavy atom. The molecule has 0 aliphatic carbocycles. The molecule has 0 bridgehead atoms. The standard InChI is InChI=1S/C23H21BrN2O5/c1-3-30-21(28)18-15-11-31-17-7-5-4-6-13(17)19(15)26-20(27)14-10-12(24)8-9-16(14)25-22(29)23(18,26)2/h4-10,15,18-19H,3,11H2,1-2H3,(H,25,29)/t15?,18?,19?,23-/m1/s1. The minimum atomic E-state index is -1.44. The zero-order chi connectivity index (χ0) is 21.9. The first-order chi connectivity index (χ1) is 14.9. The van der Waals surface area contributed by atoms with Crippen molar-refractivity contribution in [2.45, 2.75) is 25.4 Å². The Morgan fingerprint density at radius 3 is 2.84 bits per heavy atom. The summed E-state index contributed by atoms with van der Waals surface area (Å²) in [6, 6.07) is 12.1. The highest BCUT2D eigenvalue weighted by atomic mass is 79.9. The number of hydrogen-bond donors (Lipinski definition) is 1. The van der Waals surface area contributed by atoms with Crippen molar-refractivity contribution in [3.8, 4) is 5.75 Å². The van der Waals surface area contributed by atoms with E-state index in [2.05, 4.69) is 21.2 Å². The Bertz CT molecular complexity index is 1120. The van der Waals surface area contributed by atoms with Crippen LogP contribution in [0, 0.1) is 11.8 Å². The predicted molar refractivity (Wildman–Crippen MR) is 116 cm³/mol. The number of amides is 2. The van der Waals surface area contributed by atoms with Gasteiger partial charge < -0.3 is 19.7 Å². The number of halogens is 1.